The quantitative estimate of drug-likeness (QED) is 0.440. The summed E-state index contributed by atoms with van der Waals surface area (Å²) >= 11 is 0. The molecule has 0 heterocycles. The van der Waals surface area contributed by atoms with E-state index in [1.54, 1.807) is 0 Å². The van der Waals surface area contributed by atoms with Gasteiger partial charge in [0.2, 0.25) is 6.29 Å². The molecule has 0 aliphatic heterocycles. The molecule has 2 atom stereocenters. The molecular weight excluding hydrogens is 286 g/mol. The molecule has 0 aromatic heterocycles. The van der Waals surface area contributed by atoms with Crippen LogP contribution in [0.2, 0.25) is 0 Å². The minimum absolute atomic E-state index is 0.0135. The lowest BCUT2D eigenvalue weighted by molar-refractivity contribution is -0.188. The van der Waals surface area contributed by atoms with Gasteiger partial charge >= 0.3 is 5.97 Å². The monoisotopic (exact) mass is 315 g/mol. The first kappa shape index (κ1) is 20.6. The lowest BCUT2D eigenvalue weighted by Gasteiger charge is -2.46. The summed E-state index contributed by atoms with van der Waals surface area (Å²) in [5.41, 5.74) is -2.24. The lowest BCUT2D eigenvalue weighted by Crippen LogP contribution is -2.67. The van der Waals surface area contributed by atoms with Gasteiger partial charge in [-0.3, -0.25) is 14.9 Å². The largest absolute Gasteiger partial charge is 0.428 e. The average molecular weight is 315 g/mol. The molecule has 0 rings (SSSR count). The first-order valence-electron chi connectivity index (χ1n) is 7.34. The number of nitrogens with one attached hydrogen (secondary N) is 1. The fourth-order valence-electron chi connectivity index (χ4n) is 2.30. The normalized spacial score (nSPS) is 16.4. The van der Waals surface area contributed by atoms with E-state index in [9.17, 15) is 14.4 Å². The zero-order valence-electron chi connectivity index (χ0n) is 14.9. The van der Waals surface area contributed by atoms with Crippen molar-refractivity contribution in [1.29, 1.82) is 0 Å². The maximum Gasteiger partial charge on any atom is 0.330 e. The molecule has 0 saturated carbocycles. The van der Waals surface area contributed by atoms with Gasteiger partial charge in [-0.1, -0.05) is 20.8 Å². The number of carbonyl (C=O) groups is 3. The van der Waals surface area contributed by atoms with Gasteiger partial charge in [0.25, 0.3) is 6.47 Å². The number of Topliss-reactive ketones (excluding diaryl/α,β-unsaturated/α-hetero) is 1. The highest BCUT2D eigenvalue weighted by molar-refractivity contribution is 5.90. The van der Waals surface area contributed by atoms with Crippen LogP contribution in [0.25, 0.3) is 0 Å². The van der Waals surface area contributed by atoms with Crippen LogP contribution >= 0.6 is 0 Å². The first-order valence-corrected chi connectivity index (χ1v) is 7.34. The lowest BCUT2D eigenvalue weighted by atomic mass is 9.69. The number of esters is 1. The fourth-order valence-corrected chi connectivity index (χ4v) is 2.30. The number of ether oxygens (including phenoxy) is 2. The van der Waals surface area contributed by atoms with Gasteiger partial charge in [-0.05, 0) is 33.1 Å². The maximum absolute atomic E-state index is 12.8. The zero-order valence-corrected chi connectivity index (χ0v) is 14.9. The zero-order chi connectivity index (χ0) is 17.8. The van der Waals surface area contributed by atoms with E-state index in [1.807, 2.05) is 41.5 Å². The van der Waals surface area contributed by atoms with Crippen LogP contribution in [-0.4, -0.2) is 35.6 Å². The Morgan fingerprint density at radius 3 is 1.95 bits per heavy atom. The van der Waals surface area contributed by atoms with Gasteiger partial charge in [0.05, 0.1) is 0 Å². The Labute approximate surface area is 132 Å². The molecule has 0 aromatic rings. The number of hydrogen-bond acceptors (Lipinski definition) is 6. The van der Waals surface area contributed by atoms with Crippen molar-refractivity contribution in [2.24, 2.45) is 5.41 Å². The minimum Gasteiger partial charge on any atom is -0.428 e. The van der Waals surface area contributed by atoms with Crippen molar-refractivity contribution >= 4 is 18.2 Å². The molecule has 22 heavy (non-hydrogen) atoms. The SMILES string of the molecule is CC(=O)CC(NC(C)(C)C)(C(=O)OC(C)OC=O)C(C)(C)C. The molecule has 0 aromatic carbocycles. The molecule has 6 heteroatoms. The van der Waals surface area contributed by atoms with Gasteiger partial charge in [-0.15, -0.1) is 0 Å². The van der Waals surface area contributed by atoms with E-state index in [0.717, 1.165) is 0 Å². The van der Waals surface area contributed by atoms with Crippen LogP contribution in [-0.2, 0) is 23.9 Å². The maximum atomic E-state index is 12.8. The molecule has 0 fully saturated rings. The van der Waals surface area contributed by atoms with Gasteiger partial charge < -0.3 is 9.47 Å². The first-order chi connectivity index (χ1) is 9.75. The second-order valence-electron chi connectivity index (χ2n) is 7.61. The Kier molecular flexibility index (Phi) is 6.75. The van der Waals surface area contributed by atoms with Crippen LogP contribution in [0, 0.1) is 5.41 Å². The Hall–Kier alpha value is -1.43. The molecule has 0 radical (unpaired) electrons. The summed E-state index contributed by atoms with van der Waals surface area (Å²) in [6.45, 7) is 14.4. The van der Waals surface area contributed by atoms with Crippen LogP contribution in [0.3, 0.4) is 0 Å². The van der Waals surface area contributed by atoms with Gasteiger partial charge in [0.1, 0.15) is 11.3 Å². The molecule has 0 amide bonds. The fraction of sp³-hybridized carbons (Fsp3) is 0.812. The number of hydrogen-bond donors (Lipinski definition) is 1. The number of ketones is 1. The third-order valence-electron chi connectivity index (χ3n) is 3.25. The van der Waals surface area contributed by atoms with Crippen LogP contribution in [0.15, 0.2) is 0 Å². The van der Waals surface area contributed by atoms with E-state index < -0.39 is 28.8 Å². The van der Waals surface area contributed by atoms with Crippen molar-refractivity contribution in [2.75, 3.05) is 0 Å². The van der Waals surface area contributed by atoms with Crippen molar-refractivity contribution < 1.29 is 23.9 Å². The van der Waals surface area contributed by atoms with E-state index in [0.29, 0.717) is 0 Å². The van der Waals surface area contributed by atoms with Gasteiger partial charge in [-0.2, -0.15) is 0 Å². The van der Waals surface area contributed by atoms with Crippen LogP contribution < -0.4 is 5.32 Å². The molecule has 1 N–H and O–H groups in total. The highest BCUT2D eigenvalue weighted by Crippen LogP contribution is 2.37. The third-order valence-corrected chi connectivity index (χ3v) is 3.25. The topological polar surface area (TPSA) is 81.7 Å². The minimum atomic E-state index is -1.22. The Balaban J connectivity index is 5.76. The van der Waals surface area contributed by atoms with Gasteiger partial charge in [-0.25, -0.2) is 4.79 Å². The van der Waals surface area contributed by atoms with Crippen LogP contribution in [0.1, 0.15) is 61.8 Å². The number of rotatable bonds is 7. The smallest absolute Gasteiger partial charge is 0.330 e. The van der Waals surface area contributed by atoms with Crippen molar-refractivity contribution in [3.63, 3.8) is 0 Å². The summed E-state index contributed by atoms with van der Waals surface area (Å²) in [7, 11) is 0. The highest BCUT2D eigenvalue weighted by atomic mass is 16.7. The Morgan fingerprint density at radius 2 is 1.64 bits per heavy atom. The summed E-state index contributed by atoms with van der Waals surface area (Å²) in [6, 6.07) is 0. The molecule has 6 nitrogen and oxygen atoms in total. The van der Waals surface area contributed by atoms with E-state index in [1.165, 1.54) is 13.8 Å². The summed E-state index contributed by atoms with van der Waals surface area (Å²) in [5.74, 6) is -0.743. The van der Waals surface area contributed by atoms with Gasteiger partial charge in [0.15, 0.2) is 0 Å². The van der Waals surface area contributed by atoms with Crippen molar-refractivity contribution in [3.05, 3.63) is 0 Å². The van der Waals surface area contributed by atoms with Gasteiger partial charge in [0, 0.05) is 18.9 Å². The molecule has 128 valence electrons. The van der Waals surface area contributed by atoms with E-state index in [4.69, 9.17) is 4.74 Å². The second-order valence-corrected chi connectivity index (χ2v) is 7.61. The summed E-state index contributed by atoms with van der Waals surface area (Å²) in [5, 5.41) is 3.25. The molecule has 2 unspecified atom stereocenters. The standard InChI is InChI=1S/C16H29NO5/c1-11(19)9-16(14(3,4)5,17-15(6,7)8)13(20)22-12(2)21-10-18/h10,12,17H,9H2,1-8H3. The van der Waals surface area contributed by atoms with Crippen molar-refractivity contribution in [3.8, 4) is 0 Å². The third kappa shape index (κ3) is 5.75. The Morgan fingerprint density at radius 1 is 1.14 bits per heavy atom. The summed E-state index contributed by atoms with van der Waals surface area (Å²) in [4.78, 5) is 34.9. The molecule has 0 saturated heterocycles. The molecule has 0 bridgehead atoms. The van der Waals surface area contributed by atoms with Crippen LogP contribution in [0.5, 0.6) is 0 Å². The van der Waals surface area contributed by atoms with Crippen molar-refractivity contribution in [1.82, 2.24) is 5.32 Å². The van der Waals surface area contributed by atoms with E-state index in [-0.39, 0.29) is 18.7 Å². The van der Waals surface area contributed by atoms with Crippen LogP contribution in [0.4, 0.5) is 0 Å². The molecule has 0 spiro atoms. The summed E-state index contributed by atoms with van der Waals surface area (Å²) in [6.07, 6.45) is -1.03. The second kappa shape index (κ2) is 7.22. The average Bonchev–Trinajstić information content (AvgIpc) is 2.23. The molecular formula is C16H29NO5. The van der Waals surface area contributed by atoms with E-state index in [2.05, 4.69) is 10.1 Å². The van der Waals surface area contributed by atoms with Crippen molar-refractivity contribution in [2.45, 2.75) is 79.2 Å². The highest BCUT2D eigenvalue weighted by Gasteiger charge is 2.52. The predicted octanol–water partition coefficient (Wildman–Crippen LogP) is 2.20. The molecule has 0 aliphatic rings. The predicted molar refractivity (Wildman–Crippen MR) is 83.1 cm³/mol. The van der Waals surface area contributed by atoms with E-state index >= 15 is 0 Å². The molecule has 0 aliphatic carbocycles. The Bertz CT molecular complexity index is 419. The summed E-state index contributed by atoms with van der Waals surface area (Å²) < 4.78 is 9.84. The number of carbonyl (C=O) groups excluding carboxylic acids is 3.